The van der Waals surface area contributed by atoms with Crippen LogP contribution in [-0.4, -0.2) is 121 Å². The van der Waals surface area contributed by atoms with Crippen molar-refractivity contribution in [3.63, 3.8) is 0 Å². The standard InChI is InChI=1S/C38H70O11S/c1-3-4-5-6-7-8-9-10-11-12-13-14-15-20-41-21-22-42-23-24-43-25-26-44-27-28-45-29-30-46-31-32-47-33-34-48-35-36-49-50(39,40)38-18-16-37(2)17-19-38/h16-19H,3-15,20-36H2,1-2H3. The fraction of sp³-hybridized carbons (Fsp3) is 0.842. The Bertz CT molecular complexity index is 931. The van der Waals surface area contributed by atoms with Crippen molar-refractivity contribution >= 4 is 10.1 Å². The van der Waals surface area contributed by atoms with E-state index in [0.29, 0.717) is 92.5 Å². The molecule has 0 saturated heterocycles. The highest BCUT2D eigenvalue weighted by Crippen LogP contribution is 2.14. The Morgan fingerprint density at radius 2 is 0.660 bits per heavy atom. The van der Waals surface area contributed by atoms with E-state index in [1.54, 1.807) is 12.1 Å². The molecule has 0 N–H and O–H groups in total. The zero-order valence-corrected chi connectivity index (χ0v) is 32.2. The molecule has 0 aliphatic heterocycles. The molecule has 0 unspecified atom stereocenters. The summed E-state index contributed by atoms with van der Waals surface area (Å²) in [4.78, 5) is 0.134. The van der Waals surface area contributed by atoms with Crippen molar-refractivity contribution in [2.45, 2.75) is 102 Å². The highest BCUT2D eigenvalue weighted by atomic mass is 32.2. The second-order valence-electron chi connectivity index (χ2n) is 12.2. The normalized spacial score (nSPS) is 11.9. The molecular formula is C38H70O11S. The summed E-state index contributed by atoms with van der Waals surface area (Å²) in [6.07, 6.45) is 17.7. The summed E-state index contributed by atoms with van der Waals surface area (Å²) in [5, 5.41) is 0. The van der Waals surface area contributed by atoms with Crippen molar-refractivity contribution in [1.29, 1.82) is 0 Å². The average molecular weight is 735 g/mol. The molecule has 0 amide bonds. The van der Waals surface area contributed by atoms with E-state index in [2.05, 4.69) is 6.92 Å². The molecule has 0 bridgehead atoms. The van der Waals surface area contributed by atoms with Crippen LogP contribution in [0, 0.1) is 6.92 Å². The zero-order chi connectivity index (χ0) is 36.1. The van der Waals surface area contributed by atoms with Gasteiger partial charge in [-0.05, 0) is 25.5 Å². The van der Waals surface area contributed by atoms with Crippen LogP contribution in [0.15, 0.2) is 29.2 Å². The van der Waals surface area contributed by atoms with Crippen LogP contribution in [-0.2, 0) is 52.2 Å². The minimum atomic E-state index is -3.77. The van der Waals surface area contributed by atoms with E-state index >= 15 is 0 Å². The zero-order valence-electron chi connectivity index (χ0n) is 31.4. The molecule has 0 fully saturated rings. The number of rotatable bonds is 40. The van der Waals surface area contributed by atoms with Gasteiger partial charge in [0.2, 0.25) is 0 Å². The van der Waals surface area contributed by atoms with Gasteiger partial charge in [-0.2, -0.15) is 8.42 Å². The summed E-state index contributed by atoms with van der Waals surface area (Å²) in [6, 6.07) is 6.51. The van der Waals surface area contributed by atoms with E-state index in [9.17, 15) is 8.42 Å². The molecule has 0 aromatic heterocycles. The van der Waals surface area contributed by atoms with Gasteiger partial charge in [-0.1, -0.05) is 102 Å². The second kappa shape index (κ2) is 36.2. The molecule has 12 heteroatoms. The fourth-order valence-corrected chi connectivity index (χ4v) is 5.73. The van der Waals surface area contributed by atoms with E-state index in [1.807, 2.05) is 6.92 Å². The first kappa shape index (κ1) is 46.8. The molecule has 0 saturated carbocycles. The molecule has 0 aliphatic carbocycles. The van der Waals surface area contributed by atoms with Gasteiger partial charge < -0.3 is 37.9 Å². The number of benzene rings is 1. The van der Waals surface area contributed by atoms with Gasteiger partial charge in [0.1, 0.15) is 0 Å². The van der Waals surface area contributed by atoms with Gasteiger partial charge in [-0.3, -0.25) is 4.18 Å². The maximum Gasteiger partial charge on any atom is 0.297 e. The van der Waals surface area contributed by atoms with Crippen molar-refractivity contribution in [3.8, 4) is 0 Å². The lowest BCUT2D eigenvalue weighted by Gasteiger charge is -2.09. The molecule has 1 rings (SSSR count). The van der Waals surface area contributed by atoms with E-state index in [4.69, 9.17) is 42.1 Å². The molecule has 0 heterocycles. The van der Waals surface area contributed by atoms with Gasteiger partial charge in [0, 0.05) is 6.61 Å². The maximum absolute atomic E-state index is 12.1. The molecule has 0 aliphatic rings. The Labute approximate surface area is 304 Å². The molecular weight excluding hydrogens is 664 g/mol. The maximum atomic E-state index is 12.1. The predicted octanol–water partition coefficient (Wildman–Crippen LogP) is 6.92. The molecule has 11 nitrogen and oxygen atoms in total. The Hall–Kier alpha value is -1.19. The number of unbranched alkanes of at least 4 members (excludes halogenated alkanes) is 12. The highest BCUT2D eigenvalue weighted by Gasteiger charge is 2.14. The Morgan fingerprint density at radius 1 is 0.380 bits per heavy atom. The molecule has 0 spiro atoms. The summed E-state index contributed by atoms with van der Waals surface area (Å²) in [5.74, 6) is 0. The molecule has 1 aromatic rings. The van der Waals surface area contributed by atoms with Gasteiger partial charge in [-0.25, -0.2) is 0 Å². The van der Waals surface area contributed by atoms with Crippen molar-refractivity contribution < 1.29 is 50.5 Å². The Morgan fingerprint density at radius 3 is 1.00 bits per heavy atom. The first-order valence-electron chi connectivity index (χ1n) is 19.1. The van der Waals surface area contributed by atoms with Crippen molar-refractivity contribution in [2.75, 3.05) is 112 Å². The third-order valence-electron chi connectivity index (χ3n) is 7.77. The van der Waals surface area contributed by atoms with Gasteiger partial charge in [0.05, 0.1) is 111 Å². The first-order valence-corrected chi connectivity index (χ1v) is 20.5. The molecule has 1 aromatic carbocycles. The van der Waals surface area contributed by atoms with Crippen LogP contribution in [0.25, 0.3) is 0 Å². The van der Waals surface area contributed by atoms with Crippen LogP contribution < -0.4 is 0 Å². The summed E-state index contributed by atoms with van der Waals surface area (Å²) in [5.41, 5.74) is 0.980. The SMILES string of the molecule is CCCCCCCCCCCCCCCOCCOCCOCCOCCOCCOCCOCCOCCOS(=O)(=O)c1ccc(C)cc1. The number of aryl methyl sites for hydroxylation is 1. The lowest BCUT2D eigenvalue weighted by Crippen LogP contribution is -2.15. The summed E-state index contributed by atoms with van der Waals surface area (Å²) >= 11 is 0. The Kier molecular flexibility index (Phi) is 33.9. The second-order valence-corrected chi connectivity index (χ2v) is 13.8. The monoisotopic (exact) mass is 734 g/mol. The van der Waals surface area contributed by atoms with Crippen molar-refractivity contribution in [2.24, 2.45) is 0 Å². The van der Waals surface area contributed by atoms with Crippen LogP contribution >= 0.6 is 0 Å². The third-order valence-corrected chi connectivity index (χ3v) is 9.10. The lowest BCUT2D eigenvalue weighted by atomic mass is 10.0. The summed E-state index contributed by atoms with van der Waals surface area (Å²) in [6.45, 7) is 12.0. The van der Waals surface area contributed by atoms with Gasteiger partial charge in [0.15, 0.2) is 0 Å². The van der Waals surface area contributed by atoms with Gasteiger partial charge in [0.25, 0.3) is 10.1 Å². The van der Waals surface area contributed by atoms with Crippen molar-refractivity contribution in [1.82, 2.24) is 0 Å². The average Bonchev–Trinajstić information content (AvgIpc) is 3.11. The van der Waals surface area contributed by atoms with Crippen LogP contribution in [0.2, 0.25) is 0 Å². The molecule has 0 atom stereocenters. The Balaban J connectivity index is 1.66. The van der Waals surface area contributed by atoms with E-state index in [0.717, 1.165) is 18.6 Å². The molecule has 294 valence electrons. The van der Waals surface area contributed by atoms with E-state index < -0.39 is 10.1 Å². The van der Waals surface area contributed by atoms with Crippen molar-refractivity contribution in [3.05, 3.63) is 29.8 Å². The third kappa shape index (κ3) is 31.5. The highest BCUT2D eigenvalue weighted by molar-refractivity contribution is 7.86. The molecule has 0 radical (unpaired) electrons. The summed E-state index contributed by atoms with van der Waals surface area (Å²) < 4.78 is 73.1. The number of hydrogen-bond donors (Lipinski definition) is 0. The number of hydrogen-bond acceptors (Lipinski definition) is 11. The van der Waals surface area contributed by atoms with Gasteiger partial charge in [-0.15, -0.1) is 0 Å². The summed E-state index contributed by atoms with van der Waals surface area (Å²) in [7, 11) is -3.77. The topological polar surface area (TPSA) is 117 Å². The lowest BCUT2D eigenvalue weighted by molar-refractivity contribution is -0.0236. The minimum absolute atomic E-state index is 0.0518. The first-order chi connectivity index (χ1) is 24.6. The predicted molar refractivity (Wildman–Crippen MR) is 197 cm³/mol. The molecule has 50 heavy (non-hydrogen) atoms. The van der Waals surface area contributed by atoms with Crippen LogP contribution in [0.5, 0.6) is 0 Å². The van der Waals surface area contributed by atoms with Gasteiger partial charge >= 0.3 is 0 Å². The number of ether oxygens (including phenoxy) is 8. The van der Waals surface area contributed by atoms with E-state index in [-0.39, 0.29) is 18.1 Å². The smallest absolute Gasteiger partial charge is 0.297 e. The quantitative estimate of drug-likeness (QED) is 0.0517. The van der Waals surface area contributed by atoms with Crippen LogP contribution in [0.1, 0.15) is 96.0 Å². The largest absolute Gasteiger partial charge is 0.379 e. The van der Waals surface area contributed by atoms with E-state index in [1.165, 1.54) is 89.2 Å². The van der Waals surface area contributed by atoms with Crippen LogP contribution in [0.4, 0.5) is 0 Å². The minimum Gasteiger partial charge on any atom is -0.379 e. The van der Waals surface area contributed by atoms with Crippen LogP contribution in [0.3, 0.4) is 0 Å². The fourth-order valence-electron chi connectivity index (χ4n) is 4.84.